The first kappa shape index (κ1) is 20.3. The number of methoxy groups -OCH3 is 1. The molecule has 4 rings (SSSR count). The highest BCUT2D eigenvalue weighted by Crippen LogP contribution is 2.25. The number of ether oxygens (including phenoxy) is 1. The van der Waals surface area contributed by atoms with Crippen molar-refractivity contribution < 1.29 is 14.1 Å². The van der Waals surface area contributed by atoms with Gasteiger partial charge < -0.3 is 14.6 Å². The fourth-order valence-electron chi connectivity index (χ4n) is 3.29. The Labute approximate surface area is 178 Å². The van der Waals surface area contributed by atoms with Gasteiger partial charge in [-0.3, -0.25) is 14.2 Å². The summed E-state index contributed by atoms with van der Waals surface area (Å²) >= 11 is 0. The molecule has 4 aromatic rings. The molecule has 8 nitrogen and oxygen atoms in total. The SMILES string of the molecule is CCc1ccc(-c2noc3c(=O)n(CCC(=O)Nc4ccccc4OC)cnc23)cc1. The molecule has 31 heavy (non-hydrogen) atoms. The van der Waals surface area contributed by atoms with Gasteiger partial charge in [-0.2, -0.15) is 0 Å². The second-order valence-corrected chi connectivity index (χ2v) is 7.00. The molecule has 0 bridgehead atoms. The average molecular weight is 418 g/mol. The molecule has 0 spiro atoms. The lowest BCUT2D eigenvalue weighted by Crippen LogP contribution is -2.23. The number of carbonyl (C=O) groups excluding carboxylic acids is 1. The van der Waals surface area contributed by atoms with Crippen LogP contribution in [-0.2, 0) is 17.8 Å². The molecule has 0 fully saturated rings. The highest BCUT2D eigenvalue weighted by molar-refractivity contribution is 5.92. The summed E-state index contributed by atoms with van der Waals surface area (Å²) in [7, 11) is 1.54. The predicted molar refractivity (Wildman–Crippen MR) is 117 cm³/mol. The van der Waals surface area contributed by atoms with Crippen LogP contribution >= 0.6 is 0 Å². The number of fused-ring (bicyclic) bond motifs is 1. The summed E-state index contributed by atoms with van der Waals surface area (Å²) < 4.78 is 11.9. The minimum absolute atomic E-state index is 0.0715. The zero-order valence-corrected chi connectivity index (χ0v) is 17.3. The Morgan fingerprint density at radius 1 is 1.16 bits per heavy atom. The maximum atomic E-state index is 12.8. The number of para-hydroxylation sites is 2. The molecule has 2 aromatic carbocycles. The van der Waals surface area contributed by atoms with Crippen LogP contribution in [0.25, 0.3) is 22.4 Å². The molecule has 8 heteroatoms. The molecule has 0 aliphatic carbocycles. The zero-order valence-electron chi connectivity index (χ0n) is 17.3. The second kappa shape index (κ2) is 8.83. The van der Waals surface area contributed by atoms with E-state index in [9.17, 15) is 9.59 Å². The van der Waals surface area contributed by atoms with Gasteiger partial charge in [0.1, 0.15) is 17.0 Å². The maximum absolute atomic E-state index is 12.8. The Morgan fingerprint density at radius 3 is 2.68 bits per heavy atom. The van der Waals surface area contributed by atoms with E-state index in [0.29, 0.717) is 22.6 Å². The predicted octanol–water partition coefficient (Wildman–Crippen LogP) is 3.65. The third-order valence-corrected chi connectivity index (χ3v) is 5.05. The average Bonchev–Trinajstić information content (AvgIpc) is 3.24. The summed E-state index contributed by atoms with van der Waals surface area (Å²) in [6.45, 7) is 2.24. The molecule has 1 N–H and O–H groups in total. The molecule has 2 heterocycles. The van der Waals surface area contributed by atoms with Gasteiger partial charge in [0, 0.05) is 18.5 Å². The lowest BCUT2D eigenvalue weighted by atomic mass is 10.1. The fourth-order valence-corrected chi connectivity index (χ4v) is 3.29. The minimum atomic E-state index is -0.376. The molecule has 0 aliphatic heterocycles. The number of amides is 1. The van der Waals surface area contributed by atoms with E-state index in [1.165, 1.54) is 23.6 Å². The zero-order chi connectivity index (χ0) is 21.8. The molecule has 158 valence electrons. The fraction of sp³-hybridized carbons (Fsp3) is 0.217. The number of aryl methyl sites for hydroxylation is 2. The smallest absolute Gasteiger partial charge is 0.299 e. The maximum Gasteiger partial charge on any atom is 0.299 e. The Hall–Kier alpha value is -3.94. The molecule has 1 amide bonds. The van der Waals surface area contributed by atoms with Crippen molar-refractivity contribution in [3.63, 3.8) is 0 Å². The topological polar surface area (TPSA) is 99.2 Å². The molecule has 0 aliphatic rings. The van der Waals surface area contributed by atoms with Crippen LogP contribution in [-0.4, -0.2) is 27.7 Å². The lowest BCUT2D eigenvalue weighted by Gasteiger charge is -2.10. The number of rotatable bonds is 7. The third kappa shape index (κ3) is 4.18. The van der Waals surface area contributed by atoms with Gasteiger partial charge in [0.05, 0.1) is 19.1 Å². The van der Waals surface area contributed by atoms with Crippen LogP contribution in [0, 0.1) is 0 Å². The summed E-state index contributed by atoms with van der Waals surface area (Å²) in [5.41, 5.74) is 3.24. The van der Waals surface area contributed by atoms with Crippen molar-refractivity contribution in [2.24, 2.45) is 0 Å². The van der Waals surface area contributed by atoms with E-state index in [2.05, 4.69) is 22.4 Å². The van der Waals surface area contributed by atoms with Crippen molar-refractivity contribution in [1.82, 2.24) is 14.7 Å². The highest BCUT2D eigenvalue weighted by atomic mass is 16.5. The highest BCUT2D eigenvalue weighted by Gasteiger charge is 2.17. The first-order chi connectivity index (χ1) is 15.1. The normalized spacial score (nSPS) is 10.9. The number of nitrogens with one attached hydrogen (secondary N) is 1. The van der Waals surface area contributed by atoms with Crippen LogP contribution in [0.5, 0.6) is 5.75 Å². The second-order valence-electron chi connectivity index (χ2n) is 7.00. The summed E-state index contributed by atoms with van der Waals surface area (Å²) in [6, 6.07) is 15.0. The molecular formula is C23H22N4O4. The van der Waals surface area contributed by atoms with E-state index < -0.39 is 0 Å². The molecule has 0 radical (unpaired) electrons. The molecule has 0 saturated heterocycles. The lowest BCUT2D eigenvalue weighted by molar-refractivity contribution is -0.116. The molecular weight excluding hydrogens is 396 g/mol. The van der Waals surface area contributed by atoms with Crippen LogP contribution in [0.15, 0.2) is 64.2 Å². The van der Waals surface area contributed by atoms with E-state index in [4.69, 9.17) is 9.26 Å². The van der Waals surface area contributed by atoms with Gasteiger partial charge >= 0.3 is 0 Å². The number of hydrogen-bond donors (Lipinski definition) is 1. The number of nitrogens with zero attached hydrogens (tertiary/aromatic N) is 3. The van der Waals surface area contributed by atoms with Gasteiger partial charge in [0.2, 0.25) is 5.91 Å². The Bertz CT molecular complexity index is 1270. The molecule has 0 saturated carbocycles. The summed E-state index contributed by atoms with van der Waals surface area (Å²) in [4.78, 5) is 29.5. The molecule has 0 atom stereocenters. The van der Waals surface area contributed by atoms with Crippen molar-refractivity contribution in [2.45, 2.75) is 26.3 Å². The standard InChI is InChI=1S/C23H22N4O4/c1-3-15-8-10-16(11-9-15)20-21-22(31-26-20)23(29)27(14-24-21)13-12-19(28)25-17-6-4-5-7-18(17)30-2/h4-11,14H,3,12-13H2,1-2H3,(H,25,28). The first-order valence-corrected chi connectivity index (χ1v) is 9.97. The number of benzene rings is 2. The van der Waals surface area contributed by atoms with Crippen molar-refractivity contribution in [3.8, 4) is 17.0 Å². The van der Waals surface area contributed by atoms with Gasteiger partial charge in [0.15, 0.2) is 0 Å². The number of hydrogen-bond acceptors (Lipinski definition) is 6. The Kier molecular flexibility index (Phi) is 5.79. The minimum Gasteiger partial charge on any atom is -0.495 e. The largest absolute Gasteiger partial charge is 0.495 e. The molecule has 0 unspecified atom stereocenters. The summed E-state index contributed by atoms with van der Waals surface area (Å²) in [5.74, 6) is 0.322. The van der Waals surface area contributed by atoms with Crippen molar-refractivity contribution in [2.75, 3.05) is 12.4 Å². The van der Waals surface area contributed by atoms with E-state index in [1.807, 2.05) is 30.3 Å². The first-order valence-electron chi connectivity index (χ1n) is 9.97. The number of anilines is 1. The van der Waals surface area contributed by atoms with Crippen LogP contribution in [0.2, 0.25) is 0 Å². The monoisotopic (exact) mass is 418 g/mol. The van der Waals surface area contributed by atoms with Crippen molar-refractivity contribution in [3.05, 3.63) is 70.8 Å². The number of aromatic nitrogens is 3. The van der Waals surface area contributed by atoms with E-state index in [0.717, 1.165) is 12.0 Å². The third-order valence-electron chi connectivity index (χ3n) is 5.05. The Morgan fingerprint density at radius 2 is 1.94 bits per heavy atom. The quantitative estimate of drug-likeness (QED) is 0.492. The number of carbonyl (C=O) groups is 1. The van der Waals surface area contributed by atoms with Gasteiger partial charge in [-0.15, -0.1) is 0 Å². The summed E-state index contributed by atoms with van der Waals surface area (Å²) in [5, 5.41) is 6.84. The van der Waals surface area contributed by atoms with Gasteiger partial charge in [-0.25, -0.2) is 4.98 Å². The van der Waals surface area contributed by atoms with Gasteiger partial charge in [-0.05, 0) is 24.1 Å². The van der Waals surface area contributed by atoms with Crippen molar-refractivity contribution in [1.29, 1.82) is 0 Å². The van der Waals surface area contributed by atoms with Crippen LogP contribution in [0.3, 0.4) is 0 Å². The van der Waals surface area contributed by atoms with Crippen LogP contribution < -0.4 is 15.6 Å². The van der Waals surface area contributed by atoms with Crippen molar-refractivity contribution >= 4 is 22.7 Å². The van der Waals surface area contributed by atoms with Gasteiger partial charge in [-0.1, -0.05) is 48.5 Å². The summed E-state index contributed by atoms with van der Waals surface area (Å²) in [6.07, 6.45) is 2.44. The Balaban J connectivity index is 1.51. The molecule has 2 aromatic heterocycles. The van der Waals surface area contributed by atoms with Gasteiger partial charge in [0.25, 0.3) is 11.1 Å². The van der Waals surface area contributed by atoms with E-state index in [1.54, 1.807) is 18.2 Å². The van der Waals surface area contributed by atoms with Crippen LogP contribution in [0.4, 0.5) is 5.69 Å². The van der Waals surface area contributed by atoms with E-state index in [-0.39, 0.29) is 30.0 Å². The van der Waals surface area contributed by atoms with Crippen LogP contribution in [0.1, 0.15) is 18.9 Å². The van der Waals surface area contributed by atoms with E-state index >= 15 is 0 Å².